The average molecular weight is 366 g/mol. The second-order valence-electron chi connectivity index (χ2n) is 8.55. The predicted octanol–water partition coefficient (Wildman–Crippen LogP) is 7.51. The molecule has 1 aliphatic heterocycles. The van der Waals surface area contributed by atoms with E-state index in [4.69, 9.17) is 0 Å². The molecule has 0 bridgehead atoms. The number of hydrogen-bond acceptors (Lipinski definition) is 1. The van der Waals surface area contributed by atoms with Crippen LogP contribution >= 0.6 is 0 Å². The summed E-state index contributed by atoms with van der Waals surface area (Å²) >= 11 is 0. The lowest BCUT2D eigenvalue weighted by Gasteiger charge is -2.16. The Labute approximate surface area is 164 Å². The smallest absolute Gasteiger partial charge is 0.225 e. The van der Waals surface area contributed by atoms with Gasteiger partial charge in [0.25, 0.3) is 0 Å². The quantitative estimate of drug-likeness (QED) is 0.230. The lowest BCUT2D eigenvalue weighted by Crippen LogP contribution is -2.28. The van der Waals surface area contributed by atoms with Crippen molar-refractivity contribution in [1.29, 1.82) is 0 Å². The molecular formula is C24H47NO. The van der Waals surface area contributed by atoms with E-state index < -0.39 is 0 Å². The van der Waals surface area contributed by atoms with Crippen molar-refractivity contribution in [3.63, 3.8) is 0 Å². The molecule has 0 aromatic heterocycles. The molecule has 0 saturated carbocycles. The molecule has 1 unspecified atom stereocenters. The van der Waals surface area contributed by atoms with E-state index in [1.807, 2.05) is 0 Å². The minimum absolute atomic E-state index is 0.351. The van der Waals surface area contributed by atoms with Crippen molar-refractivity contribution in [3.8, 4) is 0 Å². The third-order valence-corrected chi connectivity index (χ3v) is 6.10. The van der Waals surface area contributed by atoms with Crippen LogP contribution in [0, 0.1) is 5.92 Å². The Morgan fingerprint density at radius 2 is 1.15 bits per heavy atom. The van der Waals surface area contributed by atoms with Gasteiger partial charge in [0.05, 0.1) is 0 Å². The molecule has 0 aliphatic carbocycles. The summed E-state index contributed by atoms with van der Waals surface area (Å²) in [5, 5.41) is 0. The van der Waals surface area contributed by atoms with Crippen molar-refractivity contribution < 1.29 is 4.79 Å². The molecular weight excluding hydrogens is 318 g/mol. The molecule has 1 rings (SSSR count). The van der Waals surface area contributed by atoms with Crippen molar-refractivity contribution in [1.82, 2.24) is 4.90 Å². The number of hydrogen-bond donors (Lipinski definition) is 0. The van der Waals surface area contributed by atoms with Crippen LogP contribution < -0.4 is 0 Å². The van der Waals surface area contributed by atoms with E-state index in [1.165, 1.54) is 103 Å². The summed E-state index contributed by atoms with van der Waals surface area (Å²) in [5.74, 6) is 0.818. The van der Waals surface area contributed by atoms with Crippen molar-refractivity contribution in [3.05, 3.63) is 0 Å². The standard InChI is InChI=1S/C24H47NO/c1-3-5-7-9-11-12-13-14-15-17-19-23-20-22-25(24(23)26)21-18-16-10-8-6-4-2/h23H,3-22H2,1-2H3. The number of likely N-dealkylation sites (tertiary alicyclic amines) is 1. The van der Waals surface area contributed by atoms with Crippen LogP contribution in [0.15, 0.2) is 0 Å². The molecule has 1 atom stereocenters. The first kappa shape index (κ1) is 23.5. The van der Waals surface area contributed by atoms with Gasteiger partial charge in [-0.05, 0) is 19.3 Å². The first-order chi connectivity index (χ1) is 12.8. The minimum Gasteiger partial charge on any atom is -0.342 e. The summed E-state index contributed by atoms with van der Waals surface area (Å²) in [7, 11) is 0. The van der Waals surface area contributed by atoms with Gasteiger partial charge in [0.1, 0.15) is 0 Å². The van der Waals surface area contributed by atoms with E-state index in [0.29, 0.717) is 11.8 Å². The molecule has 2 heteroatoms. The first-order valence-electron chi connectivity index (χ1n) is 12.1. The van der Waals surface area contributed by atoms with Crippen molar-refractivity contribution in [2.45, 2.75) is 129 Å². The number of nitrogens with zero attached hydrogens (tertiary/aromatic N) is 1. The number of carbonyl (C=O) groups excluding carboxylic acids is 1. The molecule has 2 nitrogen and oxygen atoms in total. The van der Waals surface area contributed by atoms with Crippen molar-refractivity contribution >= 4 is 5.91 Å². The van der Waals surface area contributed by atoms with E-state index in [1.54, 1.807) is 0 Å². The van der Waals surface area contributed by atoms with Gasteiger partial charge in [0, 0.05) is 19.0 Å². The highest BCUT2D eigenvalue weighted by molar-refractivity contribution is 5.80. The SMILES string of the molecule is CCCCCCCCCCCCC1CCN(CCCCCCCC)C1=O. The lowest BCUT2D eigenvalue weighted by molar-refractivity contribution is -0.131. The van der Waals surface area contributed by atoms with E-state index >= 15 is 0 Å². The third-order valence-electron chi connectivity index (χ3n) is 6.10. The molecule has 1 amide bonds. The normalized spacial score (nSPS) is 17.4. The maximum absolute atomic E-state index is 12.5. The zero-order valence-corrected chi connectivity index (χ0v) is 18.1. The second kappa shape index (κ2) is 16.6. The van der Waals surface area contributed by atoms with Gasteiger partial charge in [0.2, 0.25) is 5.91 Å². The summed E-state index contributed by atoms with van der Waals surface area (Å²) in [4.78, 5) is 14.6. The molecule has 1 fully saturated rings. The number of rotatable bonds is 18. The Kier molecular flexibility index (Phi) is 15.0. The number of carbonyl (C=O) groups is 1. The Morgan fingerprint density at radius 1 is 0.692 bits per heavy atom. The van der Waals surface area contributed by atoms with Crippen LogP contribution in [0.4, 0.5) is 0 Å². The van der Waals surface area contributed by atoms with Gasteiger partial charge in [-0.2, -0.15) is 0 Å². The zero-order valence-electron chi connectivity index (χ0n) is 18.1. The Morgan fingerprint density at radius 3 is 1.69 bits per heavy atom. The van der Waals surface area contributed by atoms with Crippen LogP contribution in [0.5, 0.6) is 0 Å². The summed E-state index contributed by atoms with van der Waals surface area (Å²) in [6.45, 7) is 6.58. The average Bonchev–Trinajstić information content (AvgIpc) is 2.99. The number of amides is 1. The van der Waals surface area contributed by atoms with Crippen LogP contribution in [-0.4, -0.2) is 23.9 Å². The molecule has 154 valence electrons. The summed E-state index contributed by atoms with van der Waals surface area (Å²) < 4.78 is 0. The maximum Gasteiger partial charge on any atom is 0.225 e. The summed E-state index contributed by atoms with van der Waals surface area (Å²) in [6, 6.07) is 0. The highest BCUT2D eigenvalue weighted by atomic mass is 16.2. The molecule has 0 spiro atoms. The van der Waals surface area contributed by atoms with Crippen LogP contribution in [0.2, 0.25) is 0 Å². The molecule has 1 saturated heterocycles. The van der Waals surface area contributed by atoms with E-state index in [-0.39, 0.29) is 0 Å². The topological polar surface area (TPSA) is 20.3 Å². The molecule has 1 heterocycles. The number of unbranched alkanes of at least 4 members (excludes halogenated alkanes) is 14. The van der Waals surface area contributed by atoms with Crippen molar-refractivity contribution in [2.24, 2.45) is 5.92 Å². The maximum atomic E-state index is 12.5. The van der Waals surface area contributed by atoms with E-state index in [9.17, 15) is 4.79 Å². The molecule has 0 radical (unpaired) electrons. The highest BCUT2D eigenvalue weighted by Gasteiger charge is 2.30. The second-order valence-corrected chi connectivity index (χ2v) is 8.55. The fourth-order valence-corrected chi connectivity index (χ4v) is 4.25. The minimum atomic E-state index is 0.351. The summed E-state index contributed by atoms with van der Waals surface area (Å²) in [5.41, 5.74) is 0. The lowest BCUT2D eigenvalue weighted by atomic mass is 9.98. The largest absolute Gasteiger partial charge is 0.342 e. The fourth-order valence-electron chi connectivity index (χ4n) is 4.25. The van der Waals surface area contributed by atoms with Gasteiger partial charge in [0.15, 0.2) is 0 Å². The van der Waals surface area contributed by atoms with Crippen molar-refractivity contribution in [2.75, 3.05) is 13.1 Å². The van der Waals surface area contributed by atoms with Gasteiger partial charge < -0.3 is 4.90 Å². The predicted molar refractivity (Wildman–Crippen MR) is 115 cm³/mol. The third kappa shape index (κ3) is 11.2. The molecule has 0 aromatic carbocycles. The van der Waals surface area contributed by atoms with Crippen LogP contribution in [0.3, 0.4) is 0 Å². The molecule has 1 aliphatic rings. The first-order valence-corrected chi connectivity index (χ1v) is 12.1. The zero-order chi connectivity index (χ0) is 18.9. The summed E-state index contributed by atoms with van der Waals surface area (Å²) in [6.07, 6.45) is 24.0. The van der Waals surface area contributed by atoms with Crippen LogP contribution in [-0.2, 0) is 4.79 Å². The van der Waals surface area contributed by atoms with Gasteiger partial charge >= 0.3 is 0 Å². The monoisotopic (exact) mass is 365 g/mol. The van der Waals surface area contributed by atoms with Gasteiger partial charge in [-0.1, -0.05) is 110 Å². The highest BCUT2D eigenvalue weighted by Crippen LogP contribution is 2.24. The van der Waals surface area contributed by atoms with Gasteiger partial charge in [-0.3, -0.25) is 4.79 Å². The molecule has 0 N–H and O–H groups in total. The Balaban J connectivity index is 1.93. The van der Waals surface area contributed by atoms with Gasteiger partial charge in [-0.25, -0.2) is 0 Å². The van der Waals surface area contributed by atoms with Crippen LogP contribution in [0.1, 0.15) is 129 Å². The van der Waals surface area contributed by atoms with E-state index in [0.717, 1.165) is 25.9 Å². The fraction of sp³-hybridized carbons (Fsp3) is 0.958. The van der Waals surface area contributed by atoms with Gasteiger partial charge in [-0.15, -0.1) is 0 Å². The molecule has 26 heavy (non-hydrogen) atoms. The Bertz CT molecular complexity index is 328. The Hall–Kier alpha value is -0.530. The molecule has 0 aromatic rings. The van der Waals surface area contributed by atoms with E-state index in [2.05, 4.69) is 18.7 Å². The van der Waals surface area contributed by atoms with Crippen LogP contribution in [0.25, 0.3) is 0 Å².